The van der Waals surface area contributed by atoms with Gasteiger partial charge in [-0.3, -0.25) is 0 Å². The molecule has 0 saturated carbocycles. The minimum absolute atomic E-state index is 0.0518. The van der Waals surface area contributed by atoms with Gasteiger partial charge in [0.15, 0.2) is 0 Å². The molecule has 0 saturated heterocycles. The number of nitrogens with zero attached hydrogens (tertiary/aromatic N) is 1. The predicted octanol–water partition coefficient (Wildman–Crippen LogP) is 4.63. The van der Waals surface area contributed by atoms with Gasteiger partial charge in [0.25, 0.3) is 0 Å². The van der Waals surface area contributed by atoms with E-state index in [-0.39, 0.29) is 5.88 Å². The molecule has 3 rings (SSSR count). The van der Waals surface area contributed by atoms with Gasteiger partial charge in [-0.2, -0.15) is 0 Å². The smallest absolute Gasteiger partial charge is 0.230 e. The Morgan fingerprint density at radius 1 is 1.00 bits per heavy atom. The molecule has 0 radical (unpaired) electrons. The van der Waals surface area contributed by atoms with Gasteiger partial charge in [-0.25, -0.2) is 8.78 Å². The lowest BCUT2D eigenvalue weighted by Gasteiger charge is -2.04. The van der Waals surface area contributed by atoms with Crippen LogP contribution < -0.4 is 5.73 Å². The molecule has 0 atom stereocenters. The summed E-state index contributed by atoms with van der Waals surface area (Å²) < 4.78 is 32.5. The molecular weight excluding hydrogens is 342 g/mol. The van der Waals surface area contributed by atoms with Gasteiger partial charge in [0.05, 0.1) is 5.56 Å². The third-order valence-electron chi connectivity index (χ3n) is 2.97. The van der Waals surface area contributed by atoms with Crippen molar-refractivity contribution in [1.29, 1.82) is 0 Å². The van der Waals surface area contributed by atoms with Crippen LogP contribution in [0.3, 0.4) is 0 Å². The molecule has 0 bridgehead atoms. The number of nitrogen functional groups attached to an aromatic ring is 1. The van der Waals surface area contributed by atoms with Crippen molar-refractivity contribution in [3.8, 4) is 22.4 Å². The van der Waals surface area contributed by atoms with E-state index in [1.807, 2.05) is 0 Å². The molecule has 0 unspecified atom stereocenters. The molecule has 0 aliphatic carbocycles. The summed E-state index contributed by atoms with van der Waals surface area (Å²) in [5.74, 6) is -0.776. The minimum atomic E-state index is -0.425. The van der Waals surface area contributed by atoms with E-state index in [0.29, 0.717) is 26.9 Å². The molecule has 2 N–H and O–H groups in total. The van der Waals surface area contributed by atoms with Crippen LogP contribution in [-0.2, 0) is 0 Å². The fourth-order valence-corrected chi connectivity index (χ4v) is 2.58. The molecule has 6 heteroatoms. The molecule has 1 heterocycles. The van der Waals surface area contributed by atoms with Crippen LogP contribution in [0.2, 0.25) is 0 Å². The van der Waals surface area contributed by atoms with Crippen LogP contribution in [0, 0.1) is 11.6 Å². The van der Waals surface area contributed by atoms with E-state index in [1.54, 1.807) is 18.2 Å². The summed E-state index contributed by atoms with van der Waals surface area (Å²) in [5, 5.41) is 3.86. The third-order valence-corrected chi connectivity index (χ3v) is 3.43. The number of halogens is 3. The van der Waals surface area contributed by atoms with E-state index < -0.39 is 11.6 Å². The van der Waals surface area contributed by atoms with Crippen molar-refractivity contribution in [2.75, 3.05) is 5.73 Å². The van der Waals surface area contributed by atoms with Gasteiger partial charge in [0, 0.05) is 10.0 Å². The second-order valence-corrected chi connectivity index (χ2v) is 5.35. The van der Waals surface area contributed by atoms with Crippen LogP contribution >= 0.6 is 15.9 Å². The van der Waals surface area contributed by atoms with Crippen LogP contribution in [0.25, 0.3) is 22.4 Å². The van der Waals surface area contributed by atoms with Crippen molar-refractivity contribution in [2.24, 2.45) is 0 Å². The molecule has 106 valence electrons. The Kier molecular flexibility index (Phi) is 3.47. The highest BCUT2D eigenvalue weighted by Gasteiger charge is 2.18. The maximum atomic E-state index is 13.5. The predicted molar refractivity (Wildman–Crippen MR) is 79.4 cm³/mol. The first kappa shape index (κ1) is 13.8. The largest absolute Gasteiger partial charge is 0.367 e. The number of hydrogen-bond acceptors (Lipinski definition) is 3. The Labute approximate surface area is 127 Å². The summed E-state index contributed by atoms with van der Waals surface area (Å²) in [4.78, 5) is 0. The lowest BCUT2D eigenvalue weighted by atomic mass is 10.0. The average molecular weight is 351 g/mol. The summed E-state index contributed by atoms with van der Waals surface area (Å²) in [5.41, 5.74) is 7.58. The van der Waals surface area contributed by atoms with Crippen LogP contribution in [0.1, 0.15) is 0 Å². The molecule has 0 amide bonds. The fourth-order valence-electron chi connectivity index (χ4n) is 2.11. The molecule has 0 aliphatic rings. The summed E-state index contributed by atoms with van der Waals surface area (Å²) in [6.07, 6.45) is 0. The van der Waals surface area contributed by atoms with E-state index in [1.165, 1.54) is 24.3 Å². The molecule has 0 spiro atoms. The molecule has 0 fully saturated rings. The summed E-state index contributed by atoms with van der Waals surface area (Å²) >= 11 is 3.22. The van der Waals surface area contributed by atoms with E-state index in [2.05, 4.69) is 21.1 Å². The van der Waals surface area contributed by atoms with Crippen LogP contribution in [0.4, 0.5) is 14.7 Å². The van der Waals surface area contributed by atoms with E-state index in [0.717, 1.165) is 0 Å². The Bertz CT molecular complexity index is 797. The second kappa shape index (κ2) is 5.29. The lowest BCUT2D eigenvalue weighted by molar-refractivity contribution is 0.439. The third kappa shape index (κ3) is 2.67. The summed E-state index contributed by atoms with van der Waals surface area (Å²) in [7, 11) is 0. The minimum Gasteiger partial charge on any atom is -0.367 e. The van der Waals surface area contributed by atoms with Crippen molar-refractivity contribution in [2.45, 2.75) is 0 Å². The first-order valence-corrected chi connectivity index (χ1v) is 6.81. The summed E-state index contributed by atoms with van der Waals surface area (Å²) in [6, 6.07) is 10.2. The first-order valence-electron chi connectivity index (χ1n) is 6.02. The van der Waals surface area contributed by atoms with Gasteiger partial charge >= 0.3 is 0 Å². The van der Waals surface area contributed by atoms with Crippen LogP contribution in [-0.4, -0.2) is 5.16 Å². The second-order valence-electron chi connectivity index (χ2n) is 4.44. The Morgan fingerprint density at radius 3 is 2.48 bits per heavy atom. The fraction of sp³-hybridized carbons (Fsp3) is 0. The lowest BCUT2D eigenvalue weighted by Crippen LogP contribution is -1.89. The topological polar surface area (TPSA) is 52.0 Å². The standard InChI is InChI=1S/C15H9BrF2N2O/c16-10-4-9(6-12(18)7-10)14-13(15(19)21-20-14)8-2-1-3-11(17)5-8/h1-7H,19H2. The highest BCUT2D eigenvalue weighted by atomic mass is 79.9. The number of nitrogens with two attached hydrogens (primary N) is 1. The zero-order valence-electron chi connectivity index (χ0n) is 10.6. The van der Waals surface area contributed by atoms with E-state index >= 15 is 0 Å². The van der Waals surface area contributed by atoms with Crippen LogP contribution in [0.5, 0.6) is 0 Å². The number of aromatic nitrogens is 1. The molecule has 0 aliphatic heterocycles. The van der Waals surface area contributed by atoms with Gasteiger partial charge in [0.2, 0.25) is 5.88 Å². The highest BCUT2D eigenvalue weighted by Crippen LogP contribution is 2.37. The van der Waals surface area contributed by atoms with Crippen molar-refractivity contribution in [3.63, 3.8) is 0 Å². The quantitative estimate of drug-likeness (QED) is 0.732. The Morgan fingerprint density at radius 2 is 1.76 bits per heavy atom. The number of anilines is 1. The molecule has 1 aromatic heterocycles. The zero-order valence-corrected chi connectivity index (χ0v) is 12.2. The van der Waals surface area contributed by atoms with Gasteiger partial charge in [0.1, 0.15) is 17.3 Å². The Hall–Kier alpha value is -2.21. The van der Waals surface area contributed by atoms with Crippen LogP contribution in [0.15, 0.2) is 51.5 Å². The first-order chi connectivity index (χ1) is 10.0. The zero-order chi connectivity index (χ0) is 15.0. The average Bonchev–Trinajstić information content (AvgIpc) is 2.79. The van der Waals surface area contributed by atoms with Crippen molar-refractivity contribution in [3.05, 3.63) is 58.6 Å². The van der Waals surface area contributed by atoms with Crippen molar-refractivity contribution in [1.82, 2.24) is 5.16 Å². The highest BCUT2D eigenvalue weighted by molar-refractivity contribution is 9.10. The maximum absolute atomic E-state index is 13.5. The SMILES string of the molecule is Nc1onc(-c2cc(F)cc(Br)c2)c1-c1cccc(F)c1. The molecule has 21 heavy (non-hydrogen) atoms. The van der Waals surface area contributed by atoms with Gasteiger partial charge in [-0.15, -0.1) is 0 Å². The molecule has 3 nitrogen and oxygen atoms in total. The molecule has 3 aromatic rings. The number of rotatable bonds is 2. The molecular formula is C15H9BrF2N2O. The van der Waals surface area contributed by atoms with Gasteiger partial charge < -0.3 is 10.3 Å². The van der Waals surface area contributed by atoms with Gasteiger partial charge in [-0.1, -0.05) is 33.2 Å². The van der Waals surface area contributed by atoms with E-state index in [9.17, 15) is 8.78 Å². The van der Waals surface area contributed by atoms with Crippen molar-refractivity contribution >= 4 is 21.8 Å². The number of benzene rings is 2. The molecule has 2 aromatic carbocycles. The van der Waals surface area contributed by atoms with Crippen molar-refractivity contribution < 1.29 is 13.3 Å². The van der Waals surface area contributed by atoms with Gasteiger partial charge in [-0.05, 0) is 35.9 Å². The van der Waals surface area contributed by atoms with E-state index in [4.69, 9.17) is 10.3 Å². The Balaban J connectivity index is 2.21. The monoisotopic (exact) mass is 350 g/mol. The normalized spacial score (nSPS) is 10.8. The number of hydrogen-bond donors (Lipinski definition) is 1. The summed E-state index contributed by atoms with van der Waals surface area (Å²) in [6.45, 7) is 0. The maximum Gasteiger partial charge on any atom is 0.230 e.